The molecule has 22 heavy (non-hydrogen) atoms. The Morgan fingerprint density at radius 3 is 2.64 bits per heavy atom. The van der Waals surface area contributed by atoms with Crippen molar-refractivity contribution in [3.05, 3.63) is 64.0 Å². The molecule has 0 saturated heterocycles. The Bertz CT molecular complexity index is 773. The molecule has 7 heteroatoms. The van der Waals surface area contributed by atoms with Crippen LogP contribution in [0.4, 0.5) is 4.39 Å². The number of nitrogens with two attached hydrogens (primary N) is 1. The van der Waals surface area contributed by atoms with Gasteiger partial charge in [-0.05, 0) is 64.0 Å². The van der Waals surface area contributed by atoms with E-state index in [1.54, 1.807) is 17.1 Å². The molecule has 0 bridgehead atoms. The van der Waals surface area contributed by atoms with E-state index >= 15 is 0 Å². The number of rotatable bonds is 3. The second-order valence-electron chi connectivity index (χ2n) is 4.56. The minimum Gasteiger partial charge on any atom is -0.326 e. The van der Waals surface area contributed by atoms with Crippen LogP contribution in [-0.2, 0) is 6.54 Å². The highest BCUT2D eigenvalue weighted by Gasteiger charge is 2.06. The van der Waals surface area contributed by atoms with Crippen molar-refractivity contribution in [2.45, 2.75) is 6.54 Å². The largest absolute Gasteiger partial charge is 0.326 e. The molecule has 2 aromatic heterocycles. The van der Waals surface area contributed by atoms with Gasteiger partial charge in [-0.2, -0.15) is 5.10 Å². The number of hydrogen-bond donors (Lipinski definition) is 1. The van der Waals surface area contributed by atoms with Gasteiger partial charge in [0.1, 0.15) is 9.52 Å². The van der Waals surface area contributed by atoms with E-state index in [2.05, 4.69) is 32.7 Å². The van der Waals surface area contributed by atoms with E-state index in [1.165, 1.54) is 12.1 Å². The SMILES string of the molecule is Cl.NCc1cc(F)cc(-c2cnn(-c3ccc(I)nc3)c2)c1. The average Bonchev–Trinajstić information content (AvgIpc) is 2.97. The Morgan fingerprint density at radius 2 is 1.95 bits per heavy atom. The van der Waals surface area contributed by atoms with E-state index in [4.69, 9.17) is 5.73 Å². The fraction of sp³-hybridized carbons (Fsp3) is 0.0667. The fourth-order valence-corrected chi connectivity index (χ4v) is 2.37. The molecule has 2 heterocycles. The Hall–Kier alpha value is -1.51. The van der Waals surface area contributed by atoms with Gasteiger partial charge in [-0.15, -0.1) is 12.4 Å². The molecule has 0 amide bonds. The lowest BCUT2D eigenvalue weighted by atomic mass is 10.1. The summed E-state index contributed by atoms with van der Waals surface area (Å²) >= 11 is 2.15. The van der Waals surface area contributed by atoms with Crippen LogP contribution >= 0.6 is 35.0 Å². The predicted molar refractivity (Wildman–Crippen MR) is 94.6 cm³/mol. The smallest absolute Gasteiger partial charge is 0.124 e. The Balaban J connectivity index is 0.00000176. The van der Waals surface area contributed by atoms with Gasteiger partial charge >= 0.3 is 0 Å². The number of hydrogen-bond acceptors (Lipinski definition) is 3. The van der Waals surface area contributed by atoms with E-state index < -0.39 is 0 Å². The second kappa shape index (κ2) is 7.17. The van der Waals surface area contributed by atoms with Gasteiger partial charge < -0.3 is 5.73 Å². The van der Waals surface area contributed by atoms with Crippen molar-refractivity contribution in [2.24, 2.45) is 5.73 Å². The second-order valence-corrected chi connectivity index (χ2v) is 5.67. The standard InChI is InChI=1S/C15H12FIN4.ClH/c16-13-4-10(6-18)3-11(5-13)12-7-20-21(9-12)14-1-2-15(17)19-8-14;/h1-5,7-9H,6,18H2;1H. The lowest BCUT2D eigenvalue weighted by molar-refractivity contribution is 0.626. The molecule has 0 spiro atoms. The third-order valence-corrected chi connectivity index (χ3v) is 3.72. The molecule has 0 unspecified atom stereocenters. The highest BCUT2D eigenvalue weighted by Crippen LogP contribution is 2.22. The molecule has 0 radical (unpaired) electrons. The summed E-state index contributed by atoms with van der Waals surface area (Å²) in [6, 6.07) is 8.63. The maximum absolute atomic E-state index is 13.6. The summed E-state index contributed by atoms with van der Waals surface area (Å²) in [5.74, 6) is -0.295. The third kappa shape index (κ3) is 3.63. The van der Waals surface area contributed by atoms with Crippen molar-refractivity contribution >= 4 is 35.0 Å². The molecule has 4 nitrogen and oxygen atoms in total. The third-order valence-electron chi connectivity index (χ3n) is 3.09. The van der Waals surface area contributed by atoms with Crippen molar-refractivity contribution in [3.8, 4) is 16.8 Å². The molecule has 0 saturated carbocycles. The summed E-state index contributed by atoms with van der Waals surface area (Å²) in [6.07, 6.45) is 5.29. The lowest BCUT2D eigenvalue weighted by Crippen LogP contribution is -1.97. The topological polar surface area (TPSA) is 56.7 Å². The zero-order chi connectivity index (χ0) is 14.8. The van der Waals surface area contributed by atoms with E-state index in [0.717, 1.165) is 26.1 Å². The Kier molecular flexibility index (Phi) is 5.49. The molecule has 2 N–H and O–H groups in total. The molecular formula is C15H13ClFIN4. The van der Waals surface area contributed by atoms with Gasteiger partial charge in [0.25, 0.3) is 0 Å². The van der Waals surface area contributed by atoms with Gasteiger partial charge in [-0.25, -0.2) is 14.1 Å². The van der Waals surface area contributed by atoms with Crippen molar-refractivity contribution in [1.29, 1.82) is 0 Å². The van der Waals surface area contributed by atoms with E-state index in [0.29, 0.717) is 6.54 Å². The van der Waals surface area contributed by atoms with Gasteiger partial charge in [0.15, 0.2) is 0 Å². The van der Waals surface area contributed by atoms with Crippen LogP contribution in [0.25, 0.3) is 16.8 Å². The number of nitrogens with zero attached hydrogens (tertiary/aromatic N) is 3. The summed E-state index contributed by atoms with van der Waals surface area (Å²) in [7, 11) is 0. The zero-order valence-corrected chi connectivity index (χ0v) is 14.4. The predicted octanol–water partition coefficient (Wildman–Crippen LogP) is 3.56. The van der Waals surface area contributed by atoms with Crippen LogP contribution in [0.15, 0.2) is 48.9 Å². The van der Waals surface area contributed by atoms with Crippen LogP contribution in [0.2, 0.25) is 0 Å². The van der Waals surface area contributed by atoms with Crippen molar-refractivity contribution in [2.75, 3.05) is 0 Å². The van der Waals surface area contributed by atoms with Crippen LogP contribution in [0.5, 0.6) is 0 Å². The van der Waals surface area contributed by atoms with Gasteiger partial charge in [0.05, 0.1) is 18.1 Å². The molecule has 0 aliphatic rings. The number of pyridine rings is 1. The van der Waals surface area contributed by atoms with Crippen LogP contribution in [0.3, 0.4) is 0 Å². The van der Waals surface area contributed by atoms with Crippen molar-refractivity contribution in [1.82, 2.24) is 14.8 Å². The molecule has 3 rings (SSSR count). The summed E-state index contributed by atoms with van der Waals surface area (Å²) in [4.78, 5) is 4.23. The Morgan fingerprint density at radius 1 is 1.14 bits per heavy atom. The first-order chi connectivity index (χ1) is 10.2. The summed E-state index contributed by atoms with van der Waals surface area (Å²) in [5, 5.41) is 4.30. The molecule has 3 aromatic rings. The van der Waals surface area contributed by atoms with Crippen molar-refractivity contribution < 1.29 is 4.39 Å². The first-order valence-electron chi connectivity index (χ1n) is 6.32. The highest BCUT2D eigenvalue weighted by atomic mass is 127. The van der Waals surface area contributed by atoms with E-state index in [9.17, 15) is 4.39 Å². The van der Waals surface area contributed by atoms with Crippen LogP contribution in [0, 0.1) is 9.52 Å². The highest BCUT2D eigenvalue weighted by molar-refractivity contribution is 14.1. The summed E-state index contributed by atoms with van der Waals surface area (Å²) < 4.78 is 16.2. The molecule has 0 atom stereocenters. The van der Waals surface area contributed by atoms with E-state index in [-0.39, 0.29) is 18.2 Å². The quantitative estimate of drug-likeness (QED) is 0.511. The van der Waals surface area contributed by atoms with Crippen LogP contribution in [0.1, 0.15) is 5.56 Å². The molecule has 114 valence electrons. The van der Waals surface area contributed by atoms with Crippen molar-refractivity contribution in [3.63, 3.8) is 0 Å². The number of benzene rings is 1. The zero-order valence-electron chi connectivity index (χ0n) is 11.4. The molecular weight excluding hydrogens is 418 g/mol. The number of halogens is 3. The van der Waals surface area contributed by atoms with Gasteiger partial charge in [0, 0.05) is 18.3 Å². The summed E-state index contributed by atoms with van der Waals surface area (Å²) in [6.45, 7) is 0.305. The van der Waals surface area contributed by atoms with Gasteiger partial charge in [-0.3, -0.25) is 0 Å². The van der Waals surface area contributed by atoms with Crippen LogP contribution < -0.4 is 5.73 Å². The molecule has 1 aromatic carbocycles. The first-order valence-corrected chi connectivity index (χ1v) is 7.40. The molecule has 0 aliphatic carbocycles. The molecule has 0 fully saturated rings. The first kappa shape index (κ1) is 16.9. The number of aromatic nitrogens is 3. The monoisotopic (exact) mass is 430 g/mol. The normalized spacial score (nSPS) is 10.3. The maximum atomic E-state index is 13.6. The minimum atomic E-state index is -0.295. The van der Waals surface area contributed by atoms with E-state index in [1.807, 2.05) is 24.4 Å². The maximum Gasteiger partial charge on any atom is 0.124 e. The Labute approximate surface area is 147 Å². The lowest BCUT2D eigenvalue weighted by Gasteiger charge is -2.03. The average molecular weight is 431 g/mol. The van der Waals surface area contributed by atoms with Gasteiger partial charge in [0.2, 0.25) is 0 Å². The van der Waals surface area contributed by atoms with Crippen LogP contribution in [-0.4, -0.2) is 14.8 Å². The summed E-state index contributed by atoms with van der Waals surface area (Å²) in [5.41, 5.74) is 8.80. The van der Waals surface area contributed by atoms with Gasteiger partial charge in [-0.1, -0.05) is 0 Å². The minimum absolute atomic E-state index is 0. The fourth-order valence-electron chi connectivity index (χ4n) is 2.05. The molecule has 0 aliphatic heterocycles.